The average Bonchev–Trinajstić information content (AvgIpc) is 3.32. The van der Waals surface area contributed by atoms with E-state index < -0.39 is 12.4 Å². The van der Waals surface area contributed by atoms with E-state index in [-0.39, 0.29) is 5.75 Å². The summed E-state index contributed by atoms with van der Waals surface area (Å²) in [6, 6.07) is 19.9. The molecular formula is C27H19ClF3N5O2S. The highest BCUT2D eigenvalue weighted by atomic mass is 35.5. The number of hydrogen-bond donors (Lipinski definition) is 2. The summed E-state index contributed by atoms with van der Waals surface area (Å²) in [4.78, 5) is 16.7. The minimum absolute atomic E-state index is 0.291. The zero-order valence-electron chi connectivity index (χ0n) is 20.2. The van der Waals surface area contributed by atoms with Crippen LogP contribution < -0.4 is 14.8 Å². The van der Waals surface area contributed by atoms with Crippen LogP contribution in [0.15, 0.2) is 83.5 Å². The quantitative estimate of drug-likeness (QED) is 0.161. The van der Waals surface area contributed by atoms with E-state index in [0.717, 1.165) is 45.1 Å². The Morgan fingerprint density at radius 3 is 2.62 bits per heavy atom. The number of carbonyl (C=O) groups excluding carboxylic acids is 1. The summed E-state index contributed by atoms with van der Waals surface area (Å²) < 4.78 is 49.9. The number of benzene rings is 4. The van der Waals surface area contributed by atoms with Crippen LogP contribution in [0.2, 0.25) is 5.02 Å². The van der Waals surface area contributed by atoms with Crippen molar-refractivity contribution in [3.8, 4) is 11.4 Å². The molecule has 7 nitrogen and oxygen atoms in total. The zero-order valence-corrected chi connectivity index (χ0v) is 21.7. The molecule has 12 heteroatoms. The first-order chi connectivity index (χ1) is 18.7. The predicted octanol–water partition coefficient (Wildman–Crippen LogP) is 7.84. The number of fused-ring (bicyclic) bond motifs is 3. The number of hydrogen-bond acceptors (Lipinski definition) is 5. The van der Waals surface area contributed by atoms with Gasteiger partial charge in [0.1, 0.15) is 12.1 Å². The van der Waals surface area contributed by atoms with Crippen molar-refractivity contribution in [1.82, 2.24) is 14.3 Å². The monoisotopic (exact) mass is 569 g/mol. The zero-order chi connectivity index (χ0) is 27.6. The summed E-state index contributed by atoms with van der Waals surface area (Å²) in [5.74, 6) is -0.291. The Morgan fingerprint density at radius 2 is 1.87 bits per heavy atom. The fourth-order valence-electron chi connectivity index (χ4n) is 3.99. The van der Waals surface area contributed by atoms with Gasteiger partial charge in [0.25, 0.3) is 0 Å². The van der Waals surface area contributed by atoms with Gasteiger partial charge in [0.2, 0.25) is 0 Å². The molecule has 0 saturated carbocycles. The molecule has 0 saturated heterocycles. The third kappa shape index (κ3) is 6.27. The van der Waals surface area contributed by atoms with Gasteiger partial charge in [0.15, 0.2) is 0 Å². The highest BCUT2D eigenvalue weighted by molar-refractivity contribution is 7.96. The number of alkyl halides is 3. The van der Waals surface area contributed by atoms with E-state index in [0.29, 0.717) is 16.4 Å². The lowest BCUT2D eigenvalue weighted by Gasteiger charge is -2.10. The van der Waals surface area contributed by atoms with Gasteiger partial charge in [-0.25, -0.2) is 14.2 Å². The van der Waals surface area contributed by atoms with Gasteiger partial charge in [0.05, 0.1) is 23.2 Å². The molecule has 5 rings (SSSR count). The third-order valence-electron chi connectivity index (χ3n) is 5.73. The van der Waals surface area contributed by atoms with Gasteiger partial charge in [0, 0.05) is 28.0 Å². The molecule has 0 spiro atoms. The number of imidazole rings is 1. The van der Waals surface area contributed by atoms with Crippen LogP contribution in [-0.4, -0.2) is 28.2 Å². The second-order valence-corrected chi connectivity index (χ2v) is 9.45. The van der Waals surface area contributed by atoms with Crippen LogP contribution in [0.4, 0.5) is 23.7 Å². The molecule has 2 amide bonds. The van der Waals surface area contributed by atoms with Gasteiger partial charge in [-0.3, -0.25) is 9.29 Å². The Kier molecular flexibility index (Phi) is 7.36. The number of urea groups is 1. The van der Waals surface area contributed by atoms with Gasteiger partial charge in [-0.2, -0.15) is 0 Å². The molecule has 0 bridgehead atoms. The molecule has 0 unspecified atom stereocenters. The molecule has 0 fully saturated rings. The first kappa shape index (κ1) is 26.4. The lowest BCUT2D eigenvalue weighted by atomic mass is 10.1. The molecule has 2 N–H and O–H groups in total. The maximum atomic E-state index is 12.4. The van der Waals surface area contributed by atoms with E-state index in [9.17, 15) is 18.0 Å². The van der Waals surface area contributed by atoms with Gasteiger partial charge < -0.3 is 10.1 Å². The van der Waals surface area contributed by atoms with Crippen molar-refractivity contribution in [3.63, 3.8) is 0 Å². The van der Waals surface area contributed by atoms with Crippen LogP contribution in [0.5, 0.6) is 5.75 Å². The maximum Gasteiger partial charge on any atom is 0.573 e. The topological polar surface area (TPSA) is 80.5 Å². The van der Waals surface area contributed by atoms with Crippen molar-refractivity contribution in [3.05, 3.63) is 95.3 Å². The van der Waals surface area contributed by atoms with E-state index in [1.54, 1.807) is 35.3 Å². The number of amides is 2. The van der Waals surface area contributed by atoms with Gasteiger partial charge in [-0.1, -0.05) is 29.8 Å². The van der Waals surface area contributed by atoms with Crippen molar-refractivity contribution in [1.29, 1.82) is 0 Å². The molecule has 5 aromatic rings. The summed E-state index contributed by atoms with van der Waals surface area (Å²) in [6.07, 6.45) is -1.49. The molecule has 4 aromatic carbocycles. The lowest BCUT2D eigenvalue weighted by molar-refractivity contribution is -0.274. The SMILES string of the molecule is Cc1cc(Cl)ccc1NC(=O)NS/N=C/c1ccc2c(ccc3c2ncn3-c2ccc(OC(F)(F)F)cc2)c1. The summed E-state index contributed by atoms with van der Waals surface area (Å²) in [5.41, 5.74) is 4.51. The Balaban J connectivity index is 1.26. The van der Waals surface area contributed by atoms with E-state index in [1.807, 2.05) is 37.3 Å². The first-order valence-electron chi connectivity index (χ1n) is 11.4. The lowest BCUT2D eigenvalue weighted by Crippen LogP contribution is -2.22. The molecule has 1 heterocycles. The van der Waals surface area contributed by atoms with Gasteiger partial charge >= 0.3 is 12.4 Å². The van der Waals surface area contributed by atoms with Crippen LogP contribution in [0, 0.1) is 6.92 Å². The number of anilines is 1. The number of rotatable bonds is 6. The number of nitrogens with one attached hydrogen (secondary N) is 2. The number of nitrogens with zero attached hydrogens (tertiary/aromatic N) is 3. The fraction of sp³-hybridized carbons (Fsp3) is 0.0741. The molecule has 1 aromatic heterocycles. The Hall–Kier alpha value is -4.22. The number of halogens is 4. The fourth-order valence-corrected chi connectivity index (χ4v) is 4.58. The minimum atomic E-state index is -4.74. The van der Waals surface area contributed by atoms with Crippen molar-refractivity contribution in [2.45, 2.75) is 13.3 Å². The molecule has 0 aliphatic heterocycles. The van der Waals surface area contributed by atoms with Crippen LogP contribution in [0.3, 0.4) is 0 Å². The van der Waals surface area contributed by atoms with Crippen LogP contribution >= 0.6 is 23.7 Å². The number of aromatic nitrogens is 2. The van der Waals surface area contributed by atoms with Gasteiger partial charge in [-0.15, -0.1) is 13.2 Å². The molecule has 0 aliphatic rings. The molecular weight excluding hydrogens is 551 g/mol. The van der Waals surface area contributed by atoms with E-state index >= 15 is 0 Å². The summed E-state index contributed by atoms with van der Waals surface area (Å²) in [6.45, 7) is 1.85. The molecule has 198 valence electrons. The Morgan fingerprint density at radius 1 is 1.08 bits per heavy atom. The summed E-state index contributed by atoms with van der Waals surface area (Å²) in [5, 5.41) is 5.17. The van der Waals surface area contributed by atoms with Crippen molar-refractivity contribution < 1.29 is 22.7 Å². The normalized spacial score (nSPS) is 11.8. The van der Waals surface area contributed by atoms with Crippen molar-refractivity contribution >= 4 is 63.5 Å². The van der Waals surface area contributed by atoms with Crippen molar-refractivity contribution in [2.24, 2.45) is 4.40 Å². The number of carbonyl (C=O) groups is 1. The van der Waals surface area contributed by atoms with E-state index in [1.165, 1.54) is 24.3 Å². The summed E-state index contributed by atoms with van der Waals surface area (Å²) in [7, 11) is 0. The number of ether oxygens (including phenoxy) is 1. The first-order valence-corrected chi connectivity index (χ1v) is 12.6. The third-order valence-corrected chi connectivity index (χ3v) is 6.46. The van der Waals surface area contributed by atoms with Gasteiger partial charge in [-0.05, 0) is 78.0 Å². The Labute approximate surface area is 229 Å². The van der Waals surface area contributed by atoms with Crippen LogP contribution in [-0.2, 0) is 0 Å². The standard InChI is InChI=1S/C27H19ClF3N5O2S/c1-16-12-19(28)4-10-23(16)34-26(37)35-39-33-14-17-2-9-22-18(13-17)3-11-24-25(22)32-15-36(24)20-5-7-21(8-6-20)38-27(29,30)31/h2-15H,1H3,(H2,34,35,37)/b33-14+. The molecule has 0 aliphatic carbocycles. The molecule has 0 radical (unpaired) electrons. The van der Waals surface area contributed by atoms with E-state index in [2.05, 4.69) is 24.2 Å². The highest BCUT2D eigenvalue weighted by Crippen LogP contribution is 2.29. The number of aryl methyl sites for hydroxylation is 1. The average molecular weight is 570 g/mol. The smallest absolute Gasteiger partial charge is 0.406 e. The second-order valence-electron chi connectivity index (χ2n) is 8.41. The Bertz CT molecular complexity index is 1700. The largest absolute Gasteiger partial charge is 0.573 e. The minimum Gasteiger partial charge on any atom is -0.406 e. The maximum absolute atomic E-state index is 12.4. The highest BCUT2D eigenvalue weighted by Gasteiger charge is 2.31. The van der Waals surface area contributed by atoms with Crippen LogP contribution in [0.1, 0.15) is 11.1 Å². The second kappa shape index (κ2) is 10.9. The predicted molar refractivity (Wildman–Crippen MR) is 149 cm³/mol. The van der Waals surface area contributed by atoms with E-state index in [4.69, 9.17) is 11.6 Å². The van der Waals surface area contributed by atoms with Crippen molar-refractivity contribution in [2.75, 3.05) is 5.32 Å². The van der Waals surface area contributed by atoms with Crippen LogP contribution in [0.25, 0.3) is 27.5 Å². The summed E-state index contributed by atoms with van der Waals surface area (Å²) >= 11 is 6.83. The molecule has 0 atom stereocenters. The molecule has 39 heavy (non-hydrogen) atoms.